The van der Waals surface area contributed by atoms with Gasteiger partial charge in [0.15, 0.2) is 0 Å². The third kappa shape index (κ3) is 7.06. The van der Waals surface area contributed by atoms with E-state index >= 15 is 0 Å². The van der Waals surface area contributed by atoms with Crippen LogP contribution < -0.4 is 9.80 Å². The highest BCUT2D eigenvalue weighted by molar-refractivity contribution is 5.91. The fraction of sp³-hybridized carbons (Fsp3) is 0.0492. The van der Waals surface area contributed by atoms with E-state index in [4.69, 9.17) is 0 Å². The Morgan fingerprint density at radius 2 is 0.603 bits per heavy atom. The molecular weight excluding hydrogens is 761 g/mol. The lowest BCUT2D eigenvalue weighted by molar-refractivity contribution is 0.660. The molecule has 0 saturated heterocycles. The maximum Gasteiger partial charge on any atom is 0.0468 e. The van der Waals surface area contributed by atoms with Crippen molar-refractivity contribution in [3.8, 4) is 44.5 Å². The van der Waals surface area contributed by atoms with Crippen LogP contribution >= 0.6 is 0 Å². The SMILES string of the molecule is CC1(C)c2ccccc2-c2ccc(N(c3ccc(-c4ccc(N(c5ccc(-c6ccccc6)cc5)c5ccc(-c6ccccc6)cc5)cc4)cc3)c3ccc4ccccc4c3)cc21. The normalized spacial score (nSPS) is 12.4. The van der Waals surface area contributed by atoms with Gasteiger partial charge in [-0.1, -0.05) is 184 Å². The van der Waals surface area contributed by atoms with E-state index in [9.17, 15) is 0 Å². The molecule has 10 aromatic carbocycles. The molecule has 0 spiro atoms. The van der Waals surface area contributed by atoms with Crippen LogP contribution in [0.2, 0.25) is 0 Å². The van der Waals surface area contributed by atoms with Gasteiger partial charge >= 0.3 is 0 Å². The molecule has 0 atom stereocenters. The average Bonchev–Trinajstić information content (AvgIpc) is 3.58. The van der Waals surface area contributed by atoms with Gasteiger partial charge in [0.25, 0.3) is 0 Å². The van der Waals surface area contributed by atoms with E-state index < -0.39 is 0 Å². The van der Waals surface area contributed by atoms with E-state index in [1.165, 1.54) is 66.4 Å². The molecule has 0 aromatic heterocycles. The van der Waals surface area contributed by atoms with Gasteiger partial charge in [0.2, 0.25) is 0 Å². The molecule has 0 unspecified atom stereocenters. The van der Waals surface area contributed by atoms with Crippen molar-refractivity contribution in [3.05, 3.63) is 254 Å². The summed E-state index contributed by atoms with van der Waals surface area (Å²) < 4.78 is 0. The predicted octanol–water partition coefficient (Wildman–Crippen LogP) is 17.1. The van der Waals surface area contributed by atoms with Gasteiger partial charge in [-0.25, -0.2) is 0 Å². The smallest absolute Gasteiger partial charge is 0.0468 e. The van der Waals surface area contributed by atoms with Crippen LogP contribution in [-0.2, 0) is 5.41 Å². The molecule has 1 aliphatic rings. The molecule has 0 bridgehead atoms. The first-order valence-electron chi connectivity index (χ1n) is 21.8. The van der Waals surface area contributed by atoms with Crippen LogP contribution in [0.25, 0.3) is 55.3 Å². The van der Waals surface area contributed by atoms with Crippen LogP contribution in [0, 0.1) is 0 Å². The summed E-state index contributed by atoms with van der Waals surface area (Å²) in [6.45, 7) is 4.70. The van der Waals surface area contributed by atoms with Gasteiger partial charge in [-0.15, -0.1) is 0 Å². The van der Waals surface area contributed by atoms with Gasteiger partial charge in [0.05, 0.1) is 0 Å². The zero-order valence-corrected chi connectivity index (χ0v) is 35.5. The number of benzene rings is 10. The molecule has 0 radical (unpaired) electrons. The second-order valence-electron chi connectivity index (χ2n) is 17.0. The summed E-state index contributed by atoms with van der Waals surface area (Å²) >= 11 is 0. The molecule has 11 rings (SSSR count). The quantitative estimate of drug-likeness (QED) is 0.143. The van der Waals surface area contributed by atoms with E-state index in [-0.39, 0.29) is 5.41 Å². The van der Waals surface area contributed by atoms with Crippen molar-refractivity contribution in [2.45, 2.75) is 19.3 Å². The number of anilines is 6. The minimum Gasteiger partial charge on any atom is -0.311 e. The van der Waals surface area contributed by atoms with Crippen LogP contribution in [-0.4, -0.2) is 0 Å². The number of rotatable bonds is 9. The Labute approximate surface area is 370 Å². The third-order valence-electron chi connectivity index (χ3n) is 12.9. The van der Waals surface area contributed by atoms with Gasteiger partial charge < -0.3 is 9.80 Å². The standard InChI is InChI=1S/C61H46N2/c1-61(2)59-20-12-11-19-57(59)58-40-39-56(42-60(58)61)63(55-38-29-45-17-9-10-18-50(45)41-55)54-36-27-49(28-37-54)48-25-34-53(35-26-48)62(51-30-21-46(22-31-51)43-13-5-3-6-14-43)52-32-23-47(24-33-52)44-15-7-4-8-16-44/h3-42H,1-2H3. The van der Waals surface area contributed by atoms with E-state index in [0.29, 0.717) is 0 Å². The van der Waals surface area contributed by atoms with Crippen molar-refractivity contribution in [1.82, 2.24) is 0 Å². The van der Waals surface area contributed by atoms with Crippen molar-refractivity contribution >= 4 is 44.9 Å². The van der Waals surface area contributed by atoms with E-state index in [1.54, 1.807) is 0 Å². The Morgan fingerprint density at radius 3 is 1.11 bits per heavy atom. The molecule has 0 aliphatic heterocycles. The van der Waals surface area contributed by atoms with Gasteiger partial charge in [0.1, 0.15) is 0 Å². The van der Waals surface area contributed by atoms with E-state index in [0.717, 1.165) is 34.1 Å². The Morgan fingerprint density at radius 1 is 0.254 bits per heavy atom. The third-order valence-corrected chi connectivity index (χ3v) is 12.9. The van der Waals surface area contributed by atoms with Crippen molar-refractivity contribution in [1.29, 1.82) is 0 Å². The van der Waals surface area contributed by atoms with Crippen LogP contribution in [0.15, 0.2) is 243 Å². The first kappa shape index (κ1) is 38.0. The molecule has 0 N–H and O–H groups in total. The van der Waals surface area contributed by atoms with Crippen molar-refractivity contribution < 1.29 is 0 Å². The molecular formula is C61H46N2. The molecule has 10 aromatic rings. The first-order valence-corrected chi connectivity index (χ1v) is 21.8. The molecule has 63 heavy (non-hydrogen) atoms. The molecule has 1 aliphatic carbocycles. The van der Waals surface area contributed by atoms with Gasteiger partial charge in [0, 0.05) is 39.5 Å². The topological polar surface area (TPSA) is 6.48 Å². The Bertz CT molecular complexity index is 3120. The Balaban J connectivity index is 0.937. The summed E-state index contributed by atoms with van der Waals surface area (Å²) in [5, 5.41) is 2.46. The van der Waals surface area contributed by atoms with Crippen LogP contribution in [0.5, 0.6) is 0 Å². The molecule has 2 nitrogen and oxygen atoms in total. The highest BCUT2D eigenvalue weighted by Crippen LogP contribution is 2.51. The van der Waals surface area contributed by atoms with E-state index in [2.05, 4.69) is 266 Å². The summed E-state index contributed by atoms with van der Waals surface area (Å²) in [5.74, 6) is 0. The van der Waals surface area contributed by atoms with Crippen molar-refractivity contribution in [3.63, 3.8) is 0 Å². The maximum atomic E-state index is 2.41. The van der Waals surface area contributed by atoms with Gasteiger partial charge in [-0.05, 0) is 139 Å². The lowest BCUT2D eigenvalue weighted by Crippen LogP contribution is -2.16. The average molecular weight is 807 g/mol. The summed E-state index contributed by atoms with van der Waals surface area (Å²) in [7, 11) is 0. The second kappa shape index (κ2) is 15.8. The fourth-order valence-electron chi connectivity index (χ4n) is 9.51. The largest absolute Gasteiger partial charge is 0.311 e. The molecule has 300 valence electrons. The second-order valence-corrected chi connectivity index (χ2v) is 17.0. The summed E-state index contributed by atoms with van der Waals surface area (Å²) in [4.78, 5) is 4.75. The number of hydrogen-bond donors (Lipinski definition) is 0. The molecule has 2 heteroatoms. The number of hydrogen-bond acceptors (Lipinski definition) is 2. The van der Waals surface area contributed by atoms with Gasteiger partial charge in [-0.3, -0.25) is 0 Å². The molecule has 0 fully saturated rings. The van der Waals surface area contributed by atoms with Crippen molar-refractivity contribution in [2.24, 2.45) is 0 Å². The zero-order valence-electron chi connectivity index (χ0n) is 35.5. The minimum atomic E-state index is -0.0974. The van der Waals surface area contributed by atoms with Crippen molar-refractivity contribution in [2.75, 3.05) is 9.80 Å². The van der Waals surface area contributed by atoms with Crippen LogP contribution in [0.3, 0.4) is 0 Å². The lowest BCUT2D eigenvalue weighted by Gasteiger charge is -2.28. The minimum absolute atomic E-state index is 0.0974. The molecule has 0 saturated carbocycles. The van der Waals surface area contributed by atoms with Gasteiger partial charge in [-0.2, -0.15) is 0 Å². The maximum absolute atomic E-state index is 2.41. The predicted molar refractivity (Wildman–Crippen MR) is 267 cm³/mol. The van der Waals surface area contributed by atoms with Crippen LogP contribution in [0.4, 0.5) is 34.1 Å². The van der Waals surface area contributed by atoms with E-state index in [1.807, 2.05) is 0 Å². The number of fused-ring (bicyclic) bond motifs is 4. The lowest BCUT2D eigenvalue weighted by atomic mass is 9.82. The number of nitrogens with zero attached hydrogens (tertiary/aromatic N) is 2. The Hall–Kier alpha value is -7.94. The fourth-order valence-corrected chi connectivity index (χ4v) is 9.51. The van der Waals surface area contributed by atoms with Crippen LogP contribution in [0.1, 0.15) is 25.0 Å². The zero-order chi connectivity index (χ0) is 42.3. The molecule has 0 amide bonds. The highest BCUT2D eigenvalue weighted by Gasteiger charge is 2.35. The summed E-state index contributed by atoms with van der Waals surface area (Å²) in [6, 6.07) is 88.2. The summed E-state index contributed by atoms with van der Waals surface area (Å²) in [5.41, 5.74) is 19.1. The molecule has 0 heterocycles. The summed E-state index contributed by atoms with van der Waals surface area (Å²) in [6.07, 6.45) is 0. The monoisotopic (exact) mass is 806 g/mol. The first-order chi connectivity index (χ1) is 31.0. The Kier molecular flexibility index (Phi) is 9.55. The highest BCUT2D eigenvalue weighted by atomic mass is 15.1.